The van der Waals surface area contributed by atoms with Crippen LogP contribution in [-0.2, 0) is 0 Å². The highest BCUT2D eigenvalue weighted by atomic mass is 32.1. The van der Waals surface area contributed by atoms with Gasteiger partial charge in [-0.1, -0.05) is 23.5 Å². The SMILES string of the molecule is C[C@@H](O)CN1CCN(c2nc3ccccc3s2)C[C@@H]1C. The number of β-amino-alcohol motifs (C(OH)–C–C–N with tert-alkyl or cyclic N) is 1. The van der Waals surface area contributed by atoms with E-state index in [1.165, 1.54) is 4.70 Å². The van der Waals surface area contributed by atoms with Gasteiger partial charge in [0.25, 0.3) is 0 Å². The van der Waals surface area contributed by atoms with Crippen molar-refractivity contribution >= 4 is 26.7 Å². The summed E-state index contributed by atoms with van der Waals surface area (Å²) in [4.78, 5) is 9.46. The highest BCUT2D eigenvalue weighted by Crippen LogP contribution is 2.29. The number of aliphatic hydroxyl groups is 1. The number of aliphatic hydroxyl groups excluding tert-OH is 1. The molecule has 0 spiro atoms. The van der Waals surface area contributed by atoms with E-state index < -0.39 is 0 Å². The monoisotopic (exact) mass is 291 g/mol. The number of piperazine rings is 1. The number of para-hydroxylation sites is 1. The predicted octanol–water partition coefficient (Wildman–Crippen LogP) is 2.19. The number of hydrogen-bond donors (Lipinski definition) is 1. The van der Waals surface area contributed by atoms with Gasteiger partial charge in [0, 0.05) is 32.2 Å². The number of aromatic nitrogens is 1. The van der Waals surface area contributed by atoms with Gasteiger partial charge in [0.2, 0.25) is 0 Å². The first-order chi connectivity index (χ1) is 9.63. The van der Waals surface area contributed by atoms with Crippen LogP contribution in [0.5, 0.6) is 0 Å². The molecular weight excluding hydrogens is 270 g/mol. The lowest BCUT2D eigenvalue weighted by Crippen LogP contribution is -2.53. The van der Waals surface area contributed by atoms with Gasteiger partial charge in [0.05, 0.1) is 16.3 Å². The van der Waals surface area contributed by atoms with Crippen LogP contribution in [-0.4, -0.2) is 53.3 Å². The number of anilines is 1. The third-order valence-corrected chi connectivity index (χ3v) is 4.91. The zero-order chi connectivity index (χ0) is 14.1. The quantitative estimate of drug-likeness (QED) is 0.941. The molecule has 3 rings (SSSR count). The van der Waals surface area contributed by atoms with Crippen LogP contribution in [0.25, 0.3) is 10.2 Å². The summed E-state index contributed by atoms with van der Waals surface area (Å²) >= 11 is 1.77. The first kappa shape index (κ1) is 13.8. The van der Waals surface area contributed by atoms with Crippen molar-refractivity contribution in [3.63, 3.8) is 0 Å². The molecule has 0 radical (unpaired) electrons. The summed E-state index contributed by atoms with van der Waals surface area (Å²) in [6, 6.07) is 8.75. The second-order valence-electron chi connectivity index (χ2n) is 5.60. The second-order valence-corrected chi connectivity index (χ2v) is 6.61. The minimum Gasteiger partial charge on any atom is -0.392 e. The molecule has 1 fully saturated rings. The Kier molecular flexibility index (Phi) is 3.92. The summed E-state index contributed by atoms with van der Waals surface area (Å²) in [6.45, 7) is 7.79. The fourth-order valence-electron chi connectivity index (χ4n) is 2.77. The molecule has 1 aromatic carbocycles. The molecule has 0 saturated carbocycles. The van der Waals surface area contributed by atoms with Crippen LogP contribution in [0.4, 0.5) is 5.13 Å². The molecule has 20 heavy (non-hydrogen) atoms. The van der Waals surface area contributed by atoms with Gasteiger partial charge in [-0.05, 0) is 26.0 Å². The van der Waals surface area contributed by atoms with Crippen molar-refractivity contribution in [3.8, 4) is 0 Å². The molecule has 2 atom stereocenters. The van der Waals surface area contributed by atoms with E-state index in [-0.39, 0.29) is 6.10 Å². The summed E-state index contributed by atoms with van der Waals surface area (Å²) < 4.78 is 1.25. The van der Waals surface area contributed by atoms with Crippen LogP contribution in [0.1, 0.15) is 13.8 Å². The molecule has 5 heteroatoms. The highest BCUT2D eigenvalue weighted by molar-refractivity contribution is 7.22. The molecule has 0 unspecified atom stereocenters. The summed E-state index contributed by atoms with van der Waals surface area (Å²) in [6.07, 6.45) is -0.258. The fraction of sp³-hybridized carbons (Fsp3) is 0.533. The van der Waals surface area contributed by atoms with Crippen LogP contribution < -0.4 is 4.90 Å². The molecule has 108 valence electrons. The van der Waals surface area contributed by atoms with E-state index in [9.17, 15) is 5.11 Å². The average molecular weight is 291 g/mol. The molecule has 0 bridgehead atoms. The molecule has 4 nitrogen and oxygen atoms in total. The number of hydrogen-bond acceptors (Lipinski definition) is 5. The summed E-state index contributed by atoms with van der Waals surface area (Å²) in [5.74, 6) is 0. The van der Waals surface area contributed by atoms with Crippen molar-refractivity contribution in [1.82, 2.24) is 9.88 Å². The summed E-state index contributed by atoms with van der Waals surface area (Å²) in [7, 11) is 0. The lowest BCUT2D eigenvalue weighted by molar-refractivity contribution is 0.0960. The van der Waals surface area contributed by atoms with Crippen LogP contribution in [0.2, 0.25) is 0 Å². The van der Waals surface area contributed by atoms with Gasteiger partial charge in [-0.25, -0.2) is 4.98 Å². The molecule has 1 aromatic heterocycles. The van der Waals surface area contributed by atoms with Crippen molar-refractivity contribution in [2.24, 2.45) is 0 Å². The Morgan fingerprint density at radius 1 is 1.40 bits per heavy atom. The molecule has 1 N–H and O–H groups in total. The van der Waals surface area contributed by atoms with Gasteiger partial charge in [-0.15, -0.1) is 0 Å². The zero-order valence-corrected chi connectivity index (χ0v) is 12.8. The van der Waals surface area contributed by atoms with E-state index in [0.29, 0.717) is 6.04 Å². The first-order valence-electron chi connectivity index (χ1n) is 7.16. The van der Waals surface area contributed by atoms with Gasteiger partial charge in [-0.3, -0.25) is 4.90 Å². The van der Waals surface area contributed by atoms with E-state index in [1.807, 2.05) is 13.0 Å². The lowest BCUT2D eigenvalue weighted by Gasteiger charge is -2.40. The van der Waals surface area contributed by atoms with Gasteiger partial charge >= 0.3 is 0 Å². The Hall–Kier alpha value is -1.17. The van der Waals surface area contributed by atoms with Crippen molar-refractivity contribution in [3.05, 3.63) is 24.3 Å². The summed E-state index contributed by atoms with van der Waals surface area (Å²) in [5, 5.41) is 10.7. The highest BCUT2D eigenvalue weighted by Gasteiger charge is 2.26. The van der Waals surface area contributed by atoms with Gasteiger partial charge in [0.1, 0.15) is 0 Å². The standard InChI is InChI=1S/C15H21N3OS/c1-11-9-18(8-7-17(11)10-12(2)19)15-16-13-5-3-4-6-14(13)20-15/h3-6,11-12,19H,7-10H2,1-2H3/t11-,12+/m0/s1. The maximum Gasteiger partial charge on any atom is 0.186 e. The van der Waals surface area contributed by atoms with E-state index in [1.54, 1.807) is 11.3 Å². The van der Waals surface area contributed by atoms with Crippen LogP contribution in [0.3, 0.4) is 0 Å². The number of fused-ring (bicyclic) bond motifs is 1. The van der Waals surface area contributed by atoms with Crippen molar-refractivity contribution in [1.29, 1.82) is 0 Å². The molecule has 1 saturated heterocycles. The molecule has 0 amide bonds. The topological polar surface area (TPSA) is 39.6 Å². The Balaban J connectivity index is 1.73. The van der Waals surface area contributed by atoms with Gasteiger partial charge < -0.3 is 10.0 Å². The minimum atomic E-state index is -0.258. The molecular formula is C15H21N3OS. The number of thiazole rings is 1. The van der Waals surface area contributed by atoms with E-state index >= 15 is 0 Å². The molecule has 0 aliphatic carbocycles. The second kappa shape index (κ2) is 5.68. The van der Waals surface area contributed by atoms with Crippen LogP contribution >= 0.6 is 11.3 Å². The largest absolute Gasteiger partial charge is 0.392 e. The van der Waals surface area contributed by atoms with Gasteiger partial charge in [-0.2, -0.15) is 0 Å². The van der Waals surface area contributed by atoms with Crippen molar-refractivity contribution in [2.75, 3.05) is 31.1 Å². The number of nitrogens with zero attached hydrogens (tertiary/aromatic N) is 3. The maximum atomic E-state index is 9.54. The van der Waals surface area contributed by atoms with Gasteiger partial charge in [0.15, 0.2) is 5.13 Å². The number of rotatable bonds is 3. The third kappa shape index (κ3) is 2.80. The molecule has 1 aliphatic rings. The predicted molar refractivity (Wildman–Crippen MR) is 84.5 cm³/mol. The van der Waals surface area contributed by atoms with Crippen LogP contribution in [0.15, 0.2) is 24.3 Å². The van der Waals surface area contributed by atoms with E-state index in [2.05, 4.69) is 34.9 Å². The molecule has 2 heterocycles. The fourth-order valence-corrected chi connectivity index (χ4v) is 3.78. The molecule has 2 aromatic rings. The normalized spacial score (nSPS) is 22.4. The Morgan fingerprint density at radius 3 is 2.90 bits per heavy atom. The Bertz CT molecular complexity index is 550. The van der Waals surface area contributed by atoms with Crippen molar-refractivity contribution in [2.45, 2.75) is 26.0 Å². The van der Waals surface area contributed by atoms with Crippen LogP contribution in [0, 0.1) is 0 Å². The summed E-state index contributed by atoms with van der Waals surface area (Å²) in [5.41, 5.74) is 1.09. The Labute approximate surface area is 123 Å². The van der Waals surface area contributed by atoms with E-state index in [0.717, 1.165) is 36.8 Å². The lowest BCUT2D eigenvalue weighted by atomic mass is 10.2. The zero-order valence-electron chi connectivity index (χ0n) is 12.0. The van der Waals surface area contributed by atoms with Crippen molar-refractivity contribution < 1.29 is 5.11 Å². The maximum absolute atomic E-state index is 9.54. The third-order valence-electron chi connectivity index (χ3n) is 3.82. The Morgan fingerprint density at radius 2 is 2.20 bits per heavy atom. The molecule has 1 aliphatic heterocycles. The minimum absolute atomic E-state index is 0.258. The van der Waals surface area contributed by atoms with E-state index in [4.69, 9.17) is 4.98 Å². The first-order valence-corrected chi connectivity index (χ1v) is 7.98. The number of benzene rings is 1. The smallest absolute Gasteiger partial charge is 0.186 e. The average Bonchev–Trinajstić information content (AvgIpc) is 2.84.